The average molecular weight is 393 g/mol. The van der Waals surface area contributed by atoms with Gasteiger partial charge in [-0.1, -0.05) is 0 Å². The van der Waals surface area contributed by atoms with E-state index in [0.717, 1.165) is 61.5 Å². The Morgan fingerprint density at radius 1 is 0.931 bits per heavy atom. The first-order valence-electron chi connectivity index (χ1n) is 10.1. The van der Waals surface area contributed by atoms with Crippen LogP contribution in [0.2, 0.25) is 0 Å². The lowest BCUT2D eigenvalue weighted by Crippen LogP contribution is -2.46. The van der Waals surface area contributed by atoms with Crippen LogP contribution in [0.15, 0.2) is 59.4 Å². The third-order valence-electron chi connectivity index (χ3n) is 5.39. The molecule has 152 valence electrons. The van der Waals surface area contributed by atoms with E-state index in [0.29, 0.717) is 6.61 Å². The summed E-state index contributed by atoms with van der Waals surface area (Å²) in [6, 6.07) is 17.4. The lowest BCUT2D eigenvalue weighted by molar-refractivity contribution is 0.225. The minimum absolute atomic E-state index is 0.0849. The Morgan fingerprint density at radius 3 is 2.45 bits per heavy atom. The summed E-state index contributed by atoms with van der Waals surface area (Å²) in [6.07, 6.45) is 0.992. The highest BCUT2D eigenvalue weighted by Gasteiger charge is 2.16. The second-order valence-electron chi connectivity index (χ2n) is 7.30. The van der Waals surface area contributed by atoms with Crippen LogP contribution in [0.3, 0.4) is 0 Å². The number of nitrogens with one attached hydrogen (secondary N) is 1. The van der Waals surface area contributed by atoms with Crippen LogP contribution in [0, 0.1) is 0 Å². The van der Waals surface area contributed by atoms with E-state index in [2.05, 4.69) is 26.9 Å². The van der Waals surface area contributed by atoms with Gasteiger partial charge < -0.3 is 19.4 Å². The van der Waals surface area contributed by atoms with Gasteiger partial charge in [-0.05, 0) is 55.0 Å². The van der Waals surface area contributed by atoms with Crippen molar-refractivity contribution in [2.75, 3.05) is 51.3 Å². The highest BCUT2D eigenvalue weighted by atomic mass is 16.5. The molecule has 1 aliphatic rings. The van der Waals surface area contributed by atoms with Crippen LogP contribution in [-0.4, -0.2) is 56.3 Å². The predicted molar refractivity (Wildman–Crippen MR) is 116 cm³/mol. The molecule has 6 heteroatoms. The fourth-order valence-corrected chi connectivity index (χ4v) is 3.72. The lowest BCUT2D eigenvalue weighted by Gasteiger charge is -2.36. The Balaban J connectivity index is 1.20. The van der Waals surface area contributed by atoms with E-state index in [1.54, 1.807) is 7.11 Å². The van der Waals surface area contributed by atoms with Crippen LogP contribution in [0.1, 0.15) is 6.42 Å². The topological polar surface area (TPSA) is 57.8 Å². The fraction of sp³-hybridized carbons (Fsp3) is 0.348. The summed E-state index contributed by atoms with van der Waals surface area (Å²) in [5.41, 5.74) is 2.00. The van der Waals surface area contributed by atoms with Gasteiger partial charge in [-0.2, -0.15) is 0 Å². The first-order valence-corrected chi connectivity index (χ1v) is 10.1. The smallest absolute Gasteiger partial charge is 0.248 e. The van der Waals surface area contributed by atoms with Gasteiger partial charge in [-0.15, -0.1) is 0 Å². The Hall–Kier alpha value is -2.99. The summed E-state index contributed by atoms with van der Waals surface area (Å²) in [7, 11) is 1.69. The molecule has 1 aromatic heterocycles. The molecular formula is C23H27N3O3. The van der Waals surface area contributed by atoms with E-state index in [9.17, 15) is 4.79 Å². The van der Waals surface area contributed by atoms with Gasteiger partial charge in [0.05, 0.1) is 13.7 Å². The Labute approximate surface area is 170 Å². The van der Waals surface area contributed by atoms with E-state index in [1.807, 2.05) is 36.4 Å². The summed E-state index contributed by atoms with van der Waals surface area (Å²) in [5.74, 6) is 1.74. The van der Waals surface area contributed by atoms with Crippen LogP contribution < -0.4 is 19.9 Å². The zero-order valence-electron chi connectivity index (χ0n) is 16.8. The van der Waals surface area contributed by atoms with Crippen LogP contribution in [0.4, 0.5) is 5.69 Å². The Kier molecular flexibility index (Phi) is 6.00. The molecule has 0 spiro atoms. The summed E-state index contributed by atoms with van der Waals surface area (Å²) >= 11 is 0. The van der Waals surface area contributed by atoms with E-state index in [4.69, 9.17) is 9.47 Å². The number of pyridine rings is 1. The molecule has 0 bridgehead atoms. The predicted octanol–water partition coefficient (Wildman–Crippen LogP) is 3.13. The Bertz CT molecular complexity index is 992. The molecule has 1 aliphatic heterocycles. The third-order valence-corrected chi connectivity index (χ3v) is 5.39. The van der Waals surface area contributed by atoms with Crippen LogP contribution in [0.5, 0.6) is 11.5 Å². The lowest BCUT2D eigenvalue weighted by atomic mass is 10.2. The molecule has 0 radical (unpaired) electrons. The standard InChI is InChI=1S/C23H27N3O3/c1-28-20-6-4-19(5-7-20)26-14-12-25(13-15-26)11-2-16-29-21-8-9-22-18(17-21)3-10-23(27)24-22/h3-10,17H,2,11-16H2,1H3,(H,24,27). The number of aromatic nitrogens is 1. The van der Waals surface area contributed by atoms with Gasteiger partial charge in [-0.25, -0.2) is 0 Å². The van der Waals surface area contributed by atoms with Gasteiger partial charge in [0, 0.05) is 55.4 Å². The molecule has 1 saturated heterocycles. The van der Waals surface area contributed by atoms with Gasteiger partial charge in [0.15, 0.2) is 0 Å². The van der Waals surface area contributed by atoms with Crippen molar-refractivity contribution in [2.24, 2.45) is 0 Å². The van der Waals surface area contributed by atoms with Crippen LogP contribution in [0.25, 0.3) is 10.9 Å². The molecule has 3 aromatic rings. The number of piperazine rings is 1. The Morgan fingerprint density at radius 2 is 1.69 bits per heavy atom. The van der Waals surface area contributed by atoms with E-state index < -0.39 is 0 Å². The summed E-state index contributed by atoms with van der Waals surface area (Å²) in [6.45, 7) is 5.93. The van der Waals surface area contributed by atoms with Crippen LogP contribution in [-0.2, 0) is 0 Å². The number of ether oxygens (including phenoxy) is 2. The van der Waals surface area contributed by atoms with Crippen molar-refractivity contribution in [1.82, 2.24) is 9.88 Å². The molecule has 0 saturated carbocycles. The number of anilines is 1. The molecule has 0 atom stereocenters. The number of nitrogens with zero attached hydrogens (tertiary/aromatic N) is 2. The molecule has 6 nitrogen and oxygen atoms in total. The molecule has 4 rings (SSSR count). The molecule has 1 fully saturated rings. The van der Waals surface area contributed by atoms with E-state index in [1.165, 1.54) is 11.8 Å². The van der Waals surface area contributed by atoms with Crippen LogP contribution >= 0.6 is 0 Å². The highest BCUT2D eigenvalue weighted by molar-refractivity contribution is 5.79. The quantitative estimate of drug-likeness (QED) is 0.625. The monoisotopic (exact) mass is 393 g/mol. The zero-order valence-corrected chi connectivity index (χ0v) is 16.8. The maximum Gasteiger partial charge on any atom is 0.248 e. The largest absolute Gasteiger partial charge is 0.497 e. The SMILES string of the molecule is COc1ccc(N2CCN(CCCOc3ccc4[nH]c(=O)ccc4c3)CC2)cc1. The third kappa shape index (κ3) is 4.90. The van der Waals surface area contributed by atoms with Gasteiger partial charge in [0.2, 0.25) is 5.56 Å². The number of methoxy groups -OCH3 is 1. The number of benzene rings is 2. The van der Waals surface area contributed by atoms with Crippen molar-refractivity contribution in [2.45, 2.75) is 6.42 Å². The summed E-state index contributed by atoms with van der Waals surface area (Å²) in [5, 5.41) is 0.983. The van der Waals surface area contributed by atoms with Crippen molar-refractivity contribution in [3.05, 3.63) is 65.0 Å². The number of aromatic amines is 1. The number of fused-ring (bicyclic) bond motifs is 1. The van der Waals surface area contributed by atoms with E-state index in [-0.39, 0.29) is 5.56 Å². The minimum atomic E-state index is -0.0849. The van der Waals surface area contributed by atoms with Crippen molar-refractivity contribution in [3.8, 4) is 11.5 Å². The second kappa shape index (κ2) is 9.01. The first kappa shape index (κ1) is 19.3. The molecule has 0 aliphatic carbocycles. The van der Waals surface area contributed by atoms with Gasteiger partial charge in [0.1, 0.15) is 11.5 Å². The molecule has 0 unspecified atom stereocenters. The average Bonchev–Trinajstić information content (AvgIpc) is 2.77. The van der Waals surface area contributed by atoms with E-state index >= 15 is 0 Å². The second-order valence-corrected chi connectivity index (χ2v) is 7.30. The molecule has 0 amide bonds. The molecule has 1 N–H and O–H groups in total. The molecular weight excluding hydrogens is 366 g/mol. The molecule has 29 heavy (non-hydrogen) atoms. The summed E-state index contributed by atoms with van der Waals surface area (Å²) < 4.78 is 11.1. The first-order chi connectivity index (χ1) is 14.2. The normalized spacial score (nSPS) is 14.9. The van der Waals surface area contributed by atoms with Crippen molar-refractivity contribution in [3.63, 3.8) is 0 Å². The fourth-order valence-electron chi connectivity index (χ4n) is 3.72. The van der Waals surface area contributed by atoms with Gasteiger partial charge in [0.25, 0.3) is 0 Å². The van der Waals surface area contributed by atoms with Crippen molar-refractivity contribution >= 4 is 16.6 Å². The number of rotatable bonds is 7. The van der Waals surface area contributed by atoms with Gasteiger partial charge in [-0.3, -0.25) is 9.69 Å². The number of hydrogen-bond acceptors (Lipinski definition) is 5. The molecule has 2 heterocycles. The molecule has 2 aromatic carbocycles. The zero-order chi connectivity index (χ0) is 20.1. The van der Waals surface area contributed by atoms with Crippen molar-refractivity contribution < 1.29 is 9.47 Å². The number of H-pyrrole nitrogens is 1. The number of hydrogen-bond donors (Lipinski definition) is 1. The maximum absolute atomic E-state index is 11.4. The maximum atomic E-state index is 11.4. The summed E-state index contributed by atoms with van der Waals surface area (Å²) in [4.78, 5) is 19.1. The highest BCUT2D eigenvalue weighted by Crippen LogP contribution is 2.21. The minimum Gasteiger partial charge on any atom is -0.497 e. The van der Waals surface area contributed by atoms with Gasteiger partial charge >= 0.3 is 0 Å². The van der Waals surface area contributed by atoms with Crippen molar-refractivity contribution in [1.29, 1.82) is 0 Å².